The highest BCUT2D eigenvalue weighted by atomic mass is 35.5. The van der Waals surface area contributed by atoms with Crippen LogP contribution in [-0.4, -0.2) is 48.2 Å². The maximum atomic E-state index is 10.6. The highest BCUT2D eigenvalue weighted by Gasteiger charge is 2.20. The minimum absolute atomic E-state index is 0.0673. The van der Waals surface area contributed by atoms with E-state index in [9.17, 15) is 10.0 Å². The van der Waals surface area contributed by atoms with Gasteiger partial charge in [-0.25, -0.2) is 0 Å². The molecule has 1 heterocycles. The van der Waals surface area contributed by atoms with Gasteiger partial charge in [-0.2, -0.15) is 4.91 Å². The van der Waals surface area contributed by atoms with E-state index in [2.05, 4.69) is 15.5 Å². The lowest BCUT2D eigenvalue weighted by Crippen LogP contribution is -2.42. The Morgan fingerprint density at radius 3 is 2.84 bits per heavy atom. The summed E-state index contributed by atoms with van der Waals surface area (Å²) in [5, 5.41) is 17.0. The summed E-state index contributed by atoms with van der Waals surface area (Å²) < 4.78 is 5.81. The fraction of sp³-hybridized carbons (Fsp3) is 0.611. The standard InChI is InChI=1S/C18H26ClN3O3/c1-18(2,3)21-10-14(23)11-25-17-8-12(19)4-6-15(17)16-7-5-13(22-24)9-20-16/h4,6,8,13-14,21,23H,5,7,9-11H2,1-3H3. The van der Waals surface area contributed by atoms with Crippen molar-refractivity contribution in [3.05, 3.63) is 33.7 Å². The molecule has 2 atom stereocenters. The Morgan fingerprint density at radius 1 is 1.48 bits per heavy atom. The fourth-order valence-corrected chi connectivity index (χ4v) is 2.68. The van der Waals surface area contributed by atoms with Gasteiger partial charge in [0.2, 0.25) is 0 Å². The van der Waals surface area contributed by atoms with Crippen LogP contribution in [0.25, 0.3) is 0 Å². The fourth-order valence-electron chi connectivity index (χ4n) is 2.52. The smallest absolute Gasteiger partial charge is 0.129 e. The molecule has 0 radical (unpaired) electrons. The van der Waals surface area contributed by atoms with Crippen LogP contribution in [0.5, 0.6) is 5.75 Å². The van der Waals surface area contributed by atoms with Crippen LogP contribution < -0.4 is 10.1 Å². The maximum Gasteiger partial charge on any atom is 0.129 e. The molecule has 0 fully saturated rings. The van der Waals surface area contributed by atoms with Gasteiger partial charge >= 0.3 is 0 Å². The van der Waals surface area contributed by atoms with Crippen LogP contribution in [0.15, 0.2) is 28.4 Å². The lowest BCUT2D eigenvalue weighted by atomic mass is 9.99. The second-order valence-corrected chi connectivity index (χ2v) is 7.76. The molecule has 7 heteroatoms. The summed E-state index contributed by atoms with van der Waals surface area (Å²) in [6.07, 6.45) is 0.716. The van der Waals surface area contributed by atoms with Crippen LogP contribution in [0.3, 0.4) is 0 Å². The van der Waals surface area contributed by atoms with Gasteiger partial charge in [-0.1, -0.05) is 16.8 Å². The van der Waals surface area contributed by atoms with E-state index < -0.39 is 6.10 Å². The number of benzene rings is 1. The first kappa shape index (κ1) is 19.8. The largest absolute Gasteiger partial charge is 0.490 e. The van der Waals surface area contributed by atoms with Gasteiger partial charge in [-0.15, -0.1) is 0 Å². The van der Waals surface area contributed by atoms with Crippen LogP contribution in [0, 0.1) is 4.91 Å². The second kappa shape index (κ2) is 8.74. The van der Waals surface area contributed by atoms with Gasteiger partial charge in [-0.05, 0) is 51.8 Å². The van der Waals surface area contributed by atoms with Gasteiger partial charge in [0.1, 0.15) is 24.5 Å². The normalized spacial score (nSPS) is 19.2. The molecule has 0 spiro atoms. The molecule has 0 amide bonds. The lowest BCUT2D eigenvalue weighted by molar-refractivity contribution is 0.0999. The number of rotatable bonds is 7. The molecular formula is C18H26ClN3O3. The minimum Gasteiger partial charge on any atom is -0.490 e. The number of hydrogen-bond donors (Lipinski definition) is 2. The Bertz CT molecular complexity index is 628. The monoisotopic (exact) mass is 367 g/mol. The van der Waals surface area contributed by atoms with Crippen molar-refractivity contribution >= 4 is 17.3 Å². The van der Waals surface area contributed by atoms with E-state index in [-0.39, 0.29) is 18.2 Å². The van der Waals surface area contributed by atoms with Crippen LogP contribution in [0.2, 0.25) is 5.02 Å². The van der Waals surface area contributed by atoms with E-state index in [1.807, 2.05) is 26.8 Å². The third-order valence-electron chi connectivity index (χ3n) is 3.91. The van der Waals surface area contributed by atoms with Gasteiger partial charge in [0, 0.05) is 28.4 Å². The Labute approximate surface area is 153 Å². The number of nitroso groups, excluding NO2 is 1. The molecule has 2 N–H and O–H groups in total. The van der Waals surface area contributed by atoms with Gasteiger partial charge in [0.15, 0.2) is 0 Å². The third-order valence-corrected chi connectivity index (χ3v) is 4.15. The second-order valence-electron chi connectivity index (χ2n) is 7.32. The summed E-state index contributed by atoms with van der Waals surface area (Å²) in [6, 6.07) is 5.14. The topological polar surface area (TPSA) is 83.3 Å². The summed E-state index contributed by atoms with van der Waals surface area (Å²) in [5.41, 5.74) is 1.67. The summed E-state index contributed by atoms with van der Waals surface area (Å²) >= 11 is 6.09. The zero-order valence-electron chi connectivity index (χ0n) is 15.0. The highest BCUT2D eigenvalue weighted by molar-refractivity contribution is 6.30. The molecule has 6 nitrogen and oxygen atoms in total. The molecular weight excluding hydrogens is 342 g/mol. The lowest BCUT2D eigenvalue weighted by Gasteiger charge is -2.23. The van der Waals surface area contributed by atoms with Crippen molar-refractivity contribution in [2.24, 2.45) is 10.2 Å². The molecule has 1 aliphatic heterocycles. The van der Waals surface area contributed by atoms with E-state index in [4.69, 9.17) is 16.3 Å². The van der Waals surface area contributed by atoms with Crippen molar-refractivity contribution in [2.75, 3.05) is 19.7 Å². The predicted molar refractivity (Wildman–Crippen MR) is 101 cm³/mol. The highest BCUT2D eigenvalue weighted by Crippen LogP contribution is 2.27. The van der Waals surface area contributed by atoms with Gasteiger partial charge in [0.05, 0.1) is 6.54 Å². The van der Waals surface area contributed by atoms with Crippen LogP contribution in [0.4, 0.5) is 0 Å². The third kappa shape index (κ3) is 6.38. The molecule has 138 valence electrons. The summed E-state index contributed by atoms with van der Waals surface area (Å²) in [7, 11) is 0. The molecule has 25 heavy (non-hydrogen) atoms. The van der Waals surface area contributed by atoms with Crippen molar-refractivity contribution in [2.45, 2.75) is 51.3 Å². The van der Waals surface area contributed by atoms with Gasteiger partial charge in [-0.3, -0.25) is 4.99 Å². The number of nitrogens with zero attached hydrogens (tertiary/aromatic N) is 2. The zero-order valence-corrected chi connectivity index (χ0v) is 15.7. The predicted octanol–water partition coefficient (Wildman–Crippen LogP) is 3.19. The van der Waals surface area contributed by atoms with E-state index in [0.717, 1.165) is 11.3 Å². The molecule has 0 aromatic heterocycles. The first-order valence-corrected chi connectivity index (χ1v) is 8.88. The molecule has 0 bridgehead atoms. The summed E-state index contributed by atoms with van der Waals surface area (Å²) in [6.45, 7) is 7.11. The summed E-state index contributed by atoms with van der Waals surface area (Å²) in [5.74, 6) is 0.596. The molecule has 2 rings (SSSR count). The Balaban J connectivity index is 2.04. The summed E-state index contributed by atoms with van der Waals surface area (Å²) in [4.78, 5) is 15.1. The maximum absolute atomic E-state index is 10.6. The Hall–Kier alpha value is -1.50. The quantitative estimate of drug-likeness (QED) is 0.725. The zero-order chi connectivity index (χ0) is 18.4. The average Bonchev–Trinajstić information content (AvgIpc) is 2.58. The Kier molecular flexibility index (Phi) is 6.93. The number of ether oxygens (including phenoxy) is 1. The first-order valence-electron chi connectivity index (χ1n) is 8.50. The van der Waals surface area contributed by atoms with Crippen LogP contribution >= 0.6 is 11.6 Å². The van der Waals surface area contributed by atoms with Crippen molar-refractivity contribution < 1.29 is 9.84 Å². The minimum atomic E-state index is -0.636. The van der Waals surface area contributed by atoms with Gasteiger partial charge < -0.3 is 15.2 Å². The SMILES string of the molecule is CC(C)(C)NCC(O)COc1cc(Cl)ccc1C1=NCC(N=O)CC1. The molecule has 0 saturated heterocycles. The molecule has 1 aliphatic rings. The molecule has 0 saturated carbocycles. The number of hydrogen-bond acceptors (Lipinski definition) is 6. The van der Waals surface area contributed by atoms with Crippen molar-refractivity contribution in [3.8, 4) is 5.75 Å². The number of aliphatic hydroxyl groups excluding tert-OH is 1. The number of aliphatic hydroxyl groups is 1. The van der Waals surface area contributed by atoms with Crippen molar-refractivity contribution in [1.82, 2.24) is 5.32 Å². The number of β-amino-alcohol motifs (C(OH)–C–C–N with tert-alkyl or cyclic N) is 1. The molecule has 1 aromatic carbocycles. The van der Waals surface area contributed by atoms with E-state index in [1.54, 1.807) is 12.1 Å². The average molecular weight is 368 g/mol. The molecule has 1 aromatic rings. The van der Waals surface area contributed by atoms with Crippen molar-refractivity contribution in [3.63, 3.8) is 0 Å². The van der Waals surface area contributed by atoms with E-state index in [0.29, 0.717) is 36.7 Å². The Morgan fingerprint density at radius 2 is 2.24 bits per heavy atom. The van der Waals surface area contributed by atoms with E-state index >= 15 is 0 Å². The van der Waals surface area contributed by atoms with Crippen LogP contribution in [0.1, 0.15) is 39.2 Å². The van der Waals surface area contributed by atoms with Gasteiger partial charge in [0.25, 0.3) is 0 Å². The van der Waals surface area contributed by atoms with E-state index in [1.165, 1.54) is 0 Å². The number of aliphatic imine (C=N–C) groups is 1. The van der Waals surface area contributed by atoms with Crippen LogP contribution in [-0.2, 0) is 0 Å². The molecule has 2 unspecified atom stereocenters. The van der Waals surface area contributed by atoms with Crippen molar-refractivity contribution in [1.29, 1.82) is 0 Å². The number of halogens is 1. The first-order chi connectivity index (χ1) is 11.8. The number of nitrogens with one attached hydrogen (secondary N) is 1. The molecule has 0 aliphatic carbocycles.